The lowest BCUT2D eigenvalue weighted by Crippen LogP contribution is -2.47. The van der Waals surface area contributed by atoms with E-state index < -0.39 is 0 Å². The number of hydrogen-bond acceptors (Lipinski definition) is 1. The van der Waals surface area contributed by atoms with Gasteiger partial charge in [-0.1, -0.05) is 54.6 Å². The van der Waals surface area contributed by atoms with Crippen LogP contribution >= 0.6 is 0 Å². The number of carbonyl (C=O) groups is 1. The quantitative estimate of drug-likeness (QED) is 0.773. The Balaban J connectivity index is 2.28. The van der Waals surface area contributed by atoms with Gasteiger partial charge in [0.05, 0.1) is 6.54 Å². The molecule has 0 spiro atoms. The van der Waals surface area contributed by atoms with Crippen LogP contribution in [-0.2, 0) is 6.54 Å². The summed E-state index contributed by atoms with van der Waals surface area (Å²) in [4.78, 5) is 12.0. The van der Waals surface area contributed by atoms with Crippen molar-refractivity contribution in [2.45, 2.75) is 6.54 Å². The van der Waals surface area contributed by atoms with Crippen LogP contribution in [0.1, 0.15) is 21.5 Å². The zero-order valence-corrected chi connectivity index (χ0v) is 9.02. The molecule has 2 heteroatoms. The van der Waals surface area contributed by atoms with Gasteiger partial charge in [-0.05, 0) is 0 Å². The molecule has 0 aliphatic carbocycles. The molecule has 0 aromatic heterocycles. The first-order valence-corrected chi connectivity index (χ1v) is 5.29. The fourth-order valence-corrected chi connectivity index (χ4v) is 1.58. The number of rotatable bonds is 3. The summed E-state index contributed by atoms with van der Waals surface area (Å²) in [6, 6.07) is 16.9. The second kappa shape index (κ2) is 4.73. The van der Waals surface area contributed by atoms with E-state index in [2.05, 4.69) is 5.73 Å². The van der Waals surface area contributed by atoms with E-state index in [1.165, 1.54) is 0 Å². The molecule has 0 aliphatic heterocycles. The van der Waals surface area contributed by atoms with Gasteiger partial charge in [-0.25, -0.2) is 0 Å². The molecule has 0 radical (unpaired) electrons. The highest BCUT2D eigenvalue weighted by atomic mass is 16.1. The minimum atomic E-state index is 0.0659. The van der Waals surface area contributed by atoms with E-state index in [4.69, 9.17) is 0 Å². The standard InChI is InChI=1S/C14H13NO/c15-10-11-6-8-13(9-7-11)14(16)12-4-2-1-3-5-12/h1-9H,10,15H2/p+1. The molecule has 2 aromatic rings. The van der Waals surface area contributed by atoms with Gasteiger partial charge in [0.1, 0.15) is 0 Å². The van der Waals surface area contributed by atoms with Gasteiger partial charge < -0.3 is 5.73 Å². The lowest BCUT2D eigenvalue weighted by molar-refractivity contribution is -0.386. The van der Waals surface area contributed by atoms with Gasteiger partial charge in [-0.2, -0.15) is 0 Å². The minimum Gasteiger partial charge on any atom is -0.354 e. The number of carbonyl (C=O) groups excluding carboxylic acids is 1. The SMILES string of the molecule is [NH3+]Cc1ccc(C(=O)c2ccccc2)cc1. The van der Waals surface area contributed by atoms with Crippen LogP contribution in [0.2, 0.25) is 0 Å². The number of ketones is 1. The Hall–Kier alpha value is -1.93. The Kier molecular flexibility index (Phi) is 3.13. The van der Waals surface area contributed by atoms with Gasteiger partial charge in [0.15, 0.2) is 5.78 Å². The smallest absolute Gasteiger partial charge is 0.193 e. The van der Waals surface area contributed by atoms with Gasteiger partial charge in [0.2, 0.25) is 0 Å². The second-order valence-electron chi connectivity index (χ2n) is 3.64. The molecular weight excluding hydrogens is 198 g/mol. The molecule has 0 bridgehead atoms. The predicted molar refractivity (Wildman–Crippen MR) is 62.9 cm³/mol. The first kappa shape index (κ1) is 10.6. The molecule has 0 saturated heterocycles. The Labute approximate surface area is 94.7 Å². The van der Waals surface area contributed by atoms with Crippen molar-refractivity contribution < 1.29 is 10.5 Å². The lowest BCUT2D eigenvalue weighted by atomic mass is 10.0. The molecule has 0 unspecified atom stereocenters. The van der Waals surface area contributed by atoms with E-state index in [-0.39, 0.29) is 5.78 Å². The van der Waals surface area contributed by atoms with Crippen LogP contribution in [0.5, 0.6) is 0 Å². The molecule has 2 rings (SSSR count). The molecule has 0 atom stereocenters. The molecule has 16 heavy (non-hydrogen) atoms. The van der Waals surface area contributed by atoms with Gasteiger partial charge in [-0.3, -0.25) is 4.79 Å². The van der Waals surface area contributed by atoms with Gasteiger partial charge >= 0.3 is 0 Å². The van der Waals surface area contributed by atoms with Crippen molar-refractivity contribution >= 4 is 5.78 Å². The molecule has 80 valence electrons. The van der Waals surface area contributed by atoms with Crippen LogP contribution < -0.4 is 5.73 Å². The number of benzene rings is 2. The largest absolute Gasteiger partial charge is 0.354 e. The van der Waals surface area contributed by atoms with Crippen molar-refractivity contribution in [1.82, 2.24) is 0 Å². The van der Waals surface area contributed by atoms with Crippen LogP contribution in [0.4, 0.5) is 0 Å². The van der Waals surface area contributed by atoms with Gasteiger partial charge in [-0.15, -0.1) is 0 Å². The maximum absolute atomic E-state index is 12.0. The van der Waals surface area contributed by atoms with E-state index in [9.17, 15) is 4.79 Å². The monoisotopic (exact) mass is 212 g/mol. The number of hydrogen-bond donors (Lipinski definition) is 1. The minimum absolute atomic E-state index is 0.0659. The molecule has 2 nitrogen and oxygen atoms in total. The fraction of sp³-hybridized carbons (Fsp3) is 0.0714. The van der Waals surface area contributed by atoms with Crippen molar-refractivity contribution in [3.05, 3.63) is 71.3 Å². The van der Waals surface area contributed by atoms with Crippen molar-refractivity contribution in [1.29, 1.82) is 0 Å². The summed E-state index contributed by atoms with van der Waals surface area (Å²) in [6.07, 6.45) is 0. The van der Waals surface area contributed by atoms with Gasteiger partial charge in [0, 0.05) is 16.7 Å². The average Bonchev–Trinajstić information content (AvgIpc) is 2.39. The molecule has 3 N–H and O–H groups in total. The second-order valence-corrected chi connectivity index (χ2v) is 3.64. The van der Waals surface area contributed by atoms with E-state index in [0.29, 0.717) is 0 Å². The van der Waals surface area contributed by atoms with Crippen molar-refractivity contribution in [3.8, 4) is 0 Å². The topological polar surface area (TPSA) is 44.7 Å². The Bertz CT molecular complexity index is 474. The Morgan fingerprint density at radius 2 is 1.44 bits per heavy atom. The maximum Gasteiger partial charge on any atom is 0.193 e. The molecule has 0 fully saturated rings. The zero-order valence-electron chi connectivity index (χ0n) is 9.02. The third kappa shape index (κ3) is 2.18. The third-order valence-electron chi connectivity index (χ3n) is 2.54. The summed E-state index contributed by atoms with van der Waals surface area (Å²) >= 11 is 0. The number of quaternary nitrogens is 1. The molecule has 0 heterocycles. The van der Waals surface area contributed by atoms with Crippen LogP contribution in [0.15, 0.2) is 54.6 Å². The van der Waals surface area contributed by atoms with E-state index in [0.717, 1.165) is 23.2 Å². The van der Waals surface area contributed by atoms with Gasteiger partial charge in [0.25, 0.3) is 0 Å². The summed E-state index contributed by atoms with van der Waals surface area (Å²) in [5.41, 5.74) is 6.40. The van der Waals surface area contributed by atoms with E-state index >= 15 is 0 Å². The first-order valence-electron chi connectivity index (χ1n) is 5.29. The van der Waals surface area contributed by atoms with Crippen LogP contribution in [0.25, 0.3) is 0 Å². The fourth-order valence-electron chi connectivity index (χ4n) is 1.58. The highest BCUT2D eigenvalue weighted by Crippen LogP contribution is 2.10. The summed E-state index contributed by atoms with van der Waals surface area (Å²) in [5, 5.41) is 0. The summed E-state index contributed by atoms with van der Waals surface area (Å²) in [7, 11) is 0. The predicted octanol–water partition coefficient (Wildman–Crippen LogP) is 1.66. The summed E-state index contributed by atoms with van der Waals surface area (Å²) in [6.45, 7) is 0.750. The third-order valence-corrected chi connectivity index (χ3v) is 2.54. The highest BCUT2D eigenvalue weighted by molar-refractivity contribution is 6.08. The Morgan fingerprint density at radius 1 is 0.875 bits per heavy atom. The Morgan fingerprint density at radius 3 is 2.00 bits per heavy atom. The van der Waals surface area contributed by atoms with E-state index in [1.54, 1.807) is 0 Å². The maximum atomic E-state index is 12.0. The zero-order chi connectivity index (χ0) is 11.4. The summed E-state index contributed by atoms with van der Waals surface area (Å²) < 4.78 is 0. The lowest BCUT2D eigenvalue weighted by Gasteiger charge is -2.01. The van der Waals surface area contributed by atoms with Crippen LogP contribution in [-0.4, -0.2) is 5.78 Å². The molecule has 0 aliphatic rings. The van der Waals surface area contributed by atoms with Crippen LogP contribution in [0, 0.1) is 0 Å². The van der Waals surface area contributed by atoms with Crippen LogP contribution in [0.3, 0.4) is 0 Å². The average molecular weight is 212 g/mol. The highest BCUT2D eigenvalue weighted by Gasteiger charge is 2.07. The molecule has 2 aromatic carbocycles. The molecule has 0 saturated carbocycles. The van der Waals surface area contributed by atoms with Crippen molar-refractivity contribution in [2.75, 3.05) is 0 Å². The van der Waals surface area contributed by atoms with Crippen molar-refractivity contribution in [3.63, 3.8) is 0 Å². The molecule has 0 amide bonds. The normalized spacial score (nSPS) is 10.1. The summed E-state index contributed by atoms with van der Waals surface area (Å²) in [5.74, 6) is 0.0659. The van der Waals surface area contributed by atoms with E-state index in [1.807, 2.05) is 54.6 Å². The molecular formula is C14H14NO+. The first-order chi connectivity index (χ1) is 7.81. The van der Waals surface area contributed by atoms with Crippen molar-refractivity contribution in [2.24, 2.45) is 0 Å².